The summed E-state index contributed by atoms with van der Waals surface area (Å²) in [4.78, 5) is 16.6. The number of hydrogen-bond donors (Lipinski definition) is 1. The Kier molecular flexibility index (Phi) is 5.19. The Bertz CT molecular complexity index is 580. The molecule has 3 heterocycles. The van der Waals surface area contributed by atoms with E-state index in [1.807, 2.05) is 35.2 Å². The second kappa shape index (κ2) is 7.51. The van der Waals surface area contributed by atoms with Crippen molar-refractivity contribution in [1.29, 1.82) is 0 Å². The summed E-state index contributed by atoms with van der Waals surface area (Å²) in [6.07, 6.45) is 5.99. The number of pyridine rings is 1. The van der Waals surface area contributed by atoms with Crippen LogP contribution in [-0.4, -0.2) is 24.1 Å². The summed E-state index contributed by atoms with van der Waals surface area (Å²) in [5.74, 6) is 0.475. The molecule has 1 fully saturated rings. The highest BCUT2D eigenvalue weighted by molar-refractivity contribution is 7.07. The van der Waals surface area contributed by atoms with Crippen LogP contribution in [0.3, 0.4) is 0 Å². The van der Waals surface area contributed by atoms with Crippen molar-refractivity contribution in [2.24, 2.45) is 5.92 Å². The van der Waals surface area contributed by atoms with E-state index in [1.165, 1.54) is 0 Å². The van der Waals surface area contributed by atoms with Crippen molar-refractivity contribution in [2.45, 2.75) is 25.3 Å². The lowest BCUT2D eigenvalue weighted by Crippen LogP contribution is -2.36. The Labute approximate surface area is 134 Å². The summed E-state index contributed by atoms with van der Waals surface area (Å²) in [6.45, 7) is 1.53. The van der Waals surface area contributed by atoms with Crippen molar-refractivity contribution in [1.82, 2.24) is 10.3 Å². The molecule has 0 bridgehead atoms. The van der Waals surface area contributed by atoms with Crippen LogP contribution in [0, 0.1) is 5.92 Å². The third kappa shape index (κ3) is 3.93. The standard InChI is InChI=1S/C17H20N2O2S/c20-16(10-13-5-9-22-12-13)19-17(14-3-7-21-8-4-14)15-2-1-6-18-11-15/h1-2,5-6,9,11-12,14,17H,3-4,7-8,10H2,(H,19,20)/t17-/m0/s1. The first-order valence-electron chi connectivity index (χ1n) is 7.61. The fraction of sp³-hybridized carbons (Fsp3) is 0.412. The van der Waals surface area contributed by atoms with E-state index in [0.717, 1.165) is 37.2 Å². The maximum atomic E-state index is 12.4. The lowest BCUT2D eigenvalue weighted by molar-refractivity contribution is -0.121. The van der Waals surface area contributed by atoms with Gasteiger partial charge in [-0.1, -0.05) is 6.07 Å². The van der Waals surface area contributed by atoms with Crippen LogP contribution in [0.2, 0.25) is 0 Å². The van der Waals surface area contributed by atoms with Gasteiger partial charge in [0, 0.05) is 25.6 Å². The molecule has 0 spiro atoms. The minimum Gasteiger partial charge on any atom is -0.381 e. The predicted octanol–water partition coefficient (Wildman–Crippen LogP) is 2.97. The first kappa shape index (κ1) is 15.2. The zero-order valence-corrected chi connectivity index (χ0v) is 13.2. The molecule has 3 rings (SSSR count). The number of rotatable bonds is 5. The number of aromatic nitrogens is 1. The monoisotopic (exact) mass is 316 g/mol. The van der Waals surface area contributed by atoms with Crippen LogP contribution in [0.5, 0.6) is 0 Å². The van der Waals surface area contributed by atoms with Gasteiger partial charge in [-0.05, 0) is 52.8 Å². The average molecular weight is 316 g/mol. The molecule has 1 saturated heterocycles. The number of nitrogens with one attached hydrogen (secondary N) is 1. The molecule has 116 valence electrons. The highest BCUT2D eigenvalue weighted by Crippen LogP contribution is 2.29. The van der Waals surface area contributed by atoms with Crippen molar-refractivity contribution in [3.05, 3.63) is 52.5 Å². The first-order chi connectivity index (χ1) is 10.8. The third-order valence-corrected chi connectivity index (χ3v) is 4.77. The maximum Gasteiger partial charge on any atom is 0.224 e. The average Bonchev–Trinajstić information content (AvgIpc) is 3.07. The summed E-state index contributed by atoms with van der Waals surface area (Å²) in [5, 5.41) is 7.23. The molecule has 0 aliphatic carbocycles. The van der Waals surface area contributed by atoms with Crippen LogP contribution in [0.4, 0.5) is 0 Å². The van der Waals surface area contributed by atoms with E-state index in [0.29, 0.717) is 12.3 Å². The number of ether oxygens (including phenoxy) is 1. The van der Waals surface area contributed by atoms with E-state index in [4.69, 9.17) is 4.74 Å². The van der Waals surface area contributed by atoms with Crippen molar-refractivity contribution in [3.63, 3.8) is 0 Å². The Balaban J connectivity index is 1.71. The fourth-order valence-corrected chi connectivity index (χ4v) is 3.55. The van der Waals surface area contributed by atoms with Crippen LogP contribution in [0.1, 0.15) is 30.0 Å². The second-order valence-corrected chi connectivity index (χ2v) is 6.37. The lowest BCUT2D eigenvalue weighted by Gasteiger charge is -2.31. The molecule has 2 aromatic rings. The predicted molar refractivity (Wildman–Crippen MR) is 86.7 cm³/mol. The minimum atomic E-state index is 0.0173. The van der Waals surface area contributed by atoms with Crippen LogP contribution in [0.15, 0.2) is 41.4 Å². The summed E-state index contributed by atoms with van der Waals surface area (Å²) in [5.41, 5.74) is 2.15. The number of carbonyl (C=O) groups is 1. The maximum absolute atomic E-state index is 12.4. The van der Waals surface area contributed by atoms with Crippen molar-refractivity contribution >= 4 is 17.2 Å². The van der Waals surface area contributed by atoms with Crippen LogP contribution < -0.4 is 5.32 Å². The van der Waals surface area contributed by atoms with Crippen LogP contribution >= 0.6 is 11.3 Å². The highest BCUT2D eigenvalue weighted by Gasteiger charge is 2.27. The van der Waals surface area contributed by atoms with E-state index in [2.05, 4.69) is 10.3 Å². The quantitative estimate of drug-likeness (QED) is 0.922. The molecule has 0 unspecified atom stereocenters. The highest BCUT2D eigenvalue weighted by atomic mass is 32.1. The molecule has 4 nitrogen and oxygen atoms in total. The van der Waals surface area contributed by atoms with Gasteiger partial charge in [-0.2, -0.15) is 11.3 Å². The molecule has 2 aromatic heterocycles. The van der Waals surface area contributed by atoms with E-state index in [-0.39, 0.29) is 11.9 Å². The van der Waals surface area contributed by atoms with Gasteiger partial charge in [-0.3, -0.25) is 9.78 Å². The van der Waals surface area contributed by atoms with Gasteiger partial charge in [0.2, 0.25) is 5.91 Å². The number of carbonyl (C=O) groups excluding carboxylic acids is 1. The van der Waals surface area contributed by atoms with Gasteiger partial charge in [0.25, 0.3) is 0 Å². The van der Waals surface area contributed by atoms with Crippen molar-refractivity contribution < 1.29 is 9.53 Å². The van der Waals surface area contributed by atoms with Gasteiger partial charge in [0.15, 0.2) is 0 Å². The Morgan fingerprint density at radius 3 is 2.95 bits per heavy atom. The number of amides is 1. The molecule has 5 heteroatoms. The number of hydrogen-bond acceptors (Lipinski definition) is 4. The molecule has 1 aliphatic heterocycles. The summed E-state index contributed by atoms with van der Waals surface area (Å²) in [6, 6.07) is 5.98. The van der Waals surface area contributed by atoms with Gasteiger partial charge in [0.05, 0.1) is 12.5 Å². The molecule has 0 saturated carbocycles. The number of nitrogens with zero attached hydrogens (tertiary/aromatic N) is 1. The first-order valence-corrected chi connectivity index (χ1v) is 8.55. The molecular weight excluding hydrogens is 296 g/mol. The van der Waals surface area contributed by atoms with Crippen molar-refractivity contribution in [3.8, 4) is 0 Å². The Morgan fingerprint density at radius 1 is 1.41 bits per heavy atom. The lowest BCUT2D eigenvalue weighted by atomic mass is 9.87. The molecule has 1 aliphatic rings. The van der Waals surface area contributed by atoms with Gasteiger partial charge in [-0.15, -0.1) is 0 Å². The van der Waals surface area contributed by atoms with Gasteiger partial charge >= 0.3 is 0 Å². The van der Waals surface area contributed by atoms with Crippen LogP contribution in [0.25, 0.3) is 0 Å². The zero-order chi connectivity index (χ0) is 15.2. The smallest absolute Gasteiger partial charge is 0.224 e. The molecule has 1 N–H and O–H groups in total. The zero-order valence-electron chi connectivity index (χ0n) is 12.4. The molecular formula is C17H20N2O2S. The Hall–Kier alpha value is -1.72. The largest absolute Gasteiger partial charge is 0.381 e. The van der Waals surface area contributed by atoms with E-state index in [1.54, 1.807) is 17.5 Å². The third-order valence-electron chi connectivity index (χ3n) is 4.04. The topological polar surface area (TPSA) is 51.2 Å². The van der Waals surface area contributed by atoms with Gasteiger partial charge < -0.3 is 10.1 Å². The molecule has 1 atom stereocenters. The SMILES string of the molecule is O=C(Cc1ccsc1)N[C@H](c1cccnc1)C1CCOCC1. The molecule has 22 heavy (non-hydrogen) atoms. The van der Waals surface area contributed by atoms with Gasteiger partial charge in [-0.25, -0.2) is 0 Å². The van der Waals surface area contributed by atoms with Crippen LogP contribution in [-0.2, 0) is 16.0 Å². The molecule has 0 radical (unpaired) electrons. The van der Waals surface area contributed by atoms with E-state index >= 15 is 0 Å². The van der Waals surface area contributed by atoms with Gasteiger partial charge in [0.1, 0.15) is 0 Å². The number of thiophene rings is 1. The Morgan fingerprint density at radius 2 is 2.27 bits per heavy atom. The normalized spacial score (nSPS) is 17.1. The van der Waals surface area contributed by atoms with Crippen molar-refractivity contribution in [2.75, 3.05) is 13.2 Å². The summed E-state index contributed by atoms with van der Waals surface area (Å²) in [7, 11) is 0. The second-order valence-electron chi connectivity index (χ2n) is 5.59. The molecule has 0 aromatic carbocycles. The fourth-order valence-electron chi connectivity index (χ4n) is 2.89. The minimum absolute atomic E-state index is 0.0173. The summed E-state index contributed by atoms with van der Waals surface area (Å²) < 4.78 is 5.45. The molecule has 1 amide bonds. The van der Waals surface area contributed by atoms with E-state index < -0.39 is 0 Å². The summed E-state index contributed by atoms with van der Waals surface area (Å²) >= 11 is 1.62. The van der Waals surface area contributed by atoms with E-state index in [9.17, 15) is 4.79 Å².